The molecule has 1 unspecified atom stereocenters. The molecule has 0 fully saturated rings. The number of ether oxygens (including phenoxy) is 1. The maximum Gasteiger partial charge on any atom is 0.322 e. The predicted molar refractivity (Wildman–Crippen MR) is 86.8 cm³/mol. The first-order valence-electron chi connectivity index (χ1n) is 7.43. The van der Waals surface area contributed by atoms with Crippen molar-refractivity contribution in [2.24, 2.45) is 5.73 Å². The lowest BCUT2D eigenvalue weighted by Gasteiger charge is -2.40. The number of anilines is 1. The number of nitrogens with one attached hydrogen (secondary N) is 1. The first kappa shape index (κ1) is 17.3. The van der Waals surface area contributed by atoms with Crippen LogP contribution in [0.2, 0.25) is 0 Å². The summed E-state index contributed by atoms with van der Waals surface area (Å²) in [7, 11) is 1.62. The van der Waals surface area contributed by atoms with Crippen molar-refractivity contribution >= 4 is 11.7 Å². The van der Waals surface area contributed by atoms with E-state index in [4.69, 9.17) is 10.5 Å². The maximum absolute atomic E-state index is 12.5. The van der Waals surface area contributed by atoms with Gasteiger partial charge in [0.1, 0.15) is 5.75 Å². The quantitative estimate of drug-likeness (QED) is 0.812. The van der Waals surface area contributed by atoms with Gasteiger partial charge in [-0.15, -0.1) is 0 Å². The smallest absolute Gasteiger partial charge is 0.322 e. The van der Waals surface area contributed by atoms with Crippen molar-refractivity contribution < 1.29 is 9.53 Å². The van der Waals surface area contributed by atoms with Crippen LogP contribution >= 0.6 is 0 Å². The second-order valence-electron chi connectivity index (χ2n) is 5.36. The van der Waals surface area contributed by atoms with Crippen molar-refractivity contribution in [3.8, 4) is 5.75 Å². The van der Waals surface area contributed by atoms with Crippen molar-refractivity contribution in [3.63, 3.8) is 0 Å². The Morgan fingerprint density at radius 3 is 2.38 bits per heavy atom. The Kier molecular flexibility index (Phi) is 6.49. The van der Waals surface area contributed by atoms with Crippen molar-refractivity contribution in [3.05, 3.63) is 24.3 Å². The van der Waals surface area contributed by atoms with E-state index in [1.807, 2.05) is 36.1 Å². The van der Waals surface area contributed by atoms with Crippen LogP contribution < -0.4 is 15.8 Å². The molecule has 3 N–H and O–H groups in total. The number of nitrogens with two attached hydrogens (primary N) is 1. The molecule has 0 radical (unpaired) electrons. The van der Waals surface area contributed by atoms with Gasteiger partial charge in [0.2, 0.25) is 0 Å². The largest absolute Gasteiger partial charge is 0.497 e. The lowest BCUT2D eigenvalue weighted by atomic mass is 9.96. The van der Waals surface area contributed by atoms with Crippen LogP contribution in [0, 0.1) is 0 Å². The number of amides is 2. The zero-order valence-electron chi connectivity index (χ0n) is 13.5. The number of methoxy groups -OCH3 is 1. The Morgan fingerprint density at radius 2 is 1.95 bits per heavy atom. The molecule has 0 spiro atoms. The van der Waals surface area contributed by atoms with Crippen molar-refractivity contribution in [2.75, 3.05) is 25.5 Å². The summed E-state index contributed by atoms with van der Waals surface area (Å²) in [5, 5.41) is 2.93. The van der Waals surface area contributed by atoms with Crippen molar-refractivity contribution in [1.29, 1.82) is 0 Å². The average Bonchev–Trinajstić information content (AvgIpc) is 2.52. The van der Waals surface area contributed by atoms with Gasteiger partial charge in [0, 0.05) is 18.8 Å². The van der Waals surface area contributed by atoms with E-state index in [0.717, 1.165) is 24.3 Å². The minimum absolute atomic E-state index is 0.114. The third-order valence-electron chi connectivity index (χ3n) is 3.89. The van der Waals surface area contributed by atoms with Crippen LogP contribution in [0.3, 0.4) is 0 Å². The molecule has 1 aromatic rings. The number of benzene rings is 1. The Labute approximate surface area is 127 Å². The minimum atomic E-state index is -0.327. The Bertz CT molecular complexity index is 441. The SMILES string of the molecule is CCCN(C(=O)Nc1ccc(OC)cc1)C(C)(CC)CN. The summed E-state index contributed by atoms with van der Waals surface area (Å²) in [4.78, 5) is 14.4. The van der Waals surface area contributed by atoms with Gasteiger partial charge in [-0.3, -0.25) is 0 Å². The summed E-state index contributed by atoms with van der Waals surface area (Å²) >= 11 is 0. The van der Waals surface area contributed by atoms with Crippen LogP contribution in [0.5, 0.6) is 5.75 Å². The van der Waals surface area contributed by atoms with E-state index in [0.29, 0.717) is 13.1 Å². The van der Waals surface area contributed by atoms with Gasteiger partial charge in [0.25, 0.3) is 0 Å². The van der Waals surface area contributed by atoms with Gasteiger partial charge >= 0.3 is 6.03 Å². The molecule has 1 rings (SSSR count). The molecule has 0 aliphatic rings. The second kappa shape index (κ2) is 7.88. The van der Waals surface area contributed by atoms with Gasteiger partial charge < -0.3 is 20.7 Å². The predicted octanol–water partition coefficient (Wildman–Crippen LogP) is 3.07. The zero-order valence-corrected chi connectivity index (χ0v) is 13.5. The standard InChI is InChI=1S/C16H27N3O2/c1-5-11-19(16(3,6-2)12-17)15(20)18-13-7-9-14(21-4)10-8-13/h7-10H,5-6,11-12,17H2,1-4H3,(H,18,20). The van der Waals surface area contributed by atoms with Crippen molar-refractivity contribution in [1.82, 2.24) is 4.90 Å². The maximum atomic E-state index is 12.5. The zero-order chi connectivity index (χ0) is 15.9. The number of hydrogen-bond acceptors (Lipinski definition) is 3. The highest BCUT2D eigenvalue weighted by atomic mass is 16.5. The molecule has 0 aliphatic carbocycles. The Balaban J connectivity index is 2.85. The summed E-state index contributed by atoms with van der Waals surface area (Å²) < 4.78 is 5.11. The Morgan fingerprint density at radius 1 is 1.33 bits per heavy atom. The van der Waals surface area contributed by atoms with E-state index in [1.165, 1.54) is 0 Å². The van der Waals surface area contributed by atoms with E-state index >= 15 is 0 Å². The fourth-order valence-electron chi connectivity index (χ4n) is 2.15. The van der Waals surface area contributed by atoms with Gasteiger partial charge in [-0.2, -0.15) is 0 Å². The van der Waals surface area contributed by atoms with Crippen LogP contribution in [-0.4, -0.2) is 36.7 Å². The molecule has 1 aromatic carbocycles. The summed E-state index contributed by atoms with van der Waals surface area (Å²) in [5.41, 5.74) is 6.30. The van der Waals surface area contributed by atoms with Crippen LogP contribution in [0.1, 0.15) is 33.6 Å². The molecule has 0 aromatic heterocycles. The van der Waals surface area contributed by atoms with E-state index in [9.17, 15) is 4.79 Å². The highest BCUT2D eigenvalue weighted by molar-refractivity contribution is 5.90. The van der Waals surface area contributed by atoms with Crippen LogP contribution in [0.15, 0.2) is 24.3 Å². The molecule has 118 valence electrons. The van der Waals surface area contributed by atoms with E-state index in [1.54, 1.807) is 7.11 Å². The topological polar surface area (TPSA) is 67.6 Å². The monoisotopic (exact) mass is 293 g/mol. The first-order valence-corrected chi connectivity index (χ1v) is 7.43. The van der Waals surface area contributed by atoms with Gasteiger partial charge in [0.05, 0.1) is 12.6 Å². The molecule has 0 heterocycles. The van der Waals surface area contributed by atoms with Gasteiger partial charge in [-0.25, -0.2) is 4.79 Å². The third kappa shape index (κ3) is 4.36. The number of carbonyl (C=O) groups is 1. The summed E-state index contributed by atoms with van der Waals surface area (Å²) in [5.74, 6) is 0.763. The van der Waals surface area contributed by atoms with E-state index in [2.05, 4.69) is 19.2 Å². The van der Waals surface area contributed by atoms with Gasteiger partial charge in [0.15, 0.2) is 0 Å². The number of rotatable bonds is 7. The van der Waals surface area contributed by atoms with Crippen LogP contribution in [-0.2, 0) is 0 Å². The molecule has 0 aliphatic heterocycles. The lowest BCUT2D eigenvalue weighted by Crippen LogP contribution is -2.55. The molecule has 2 amide bonds. The first-order chi connectivity index (χ1) is 10.0. The number of carbonyl (C=O) groups excluding carboxylic acids is 1. The summed E-state index contributed by atoms with van der Waals surface area (Å²) in [6.45, 7) is 7.26. The third-order valence-corrected chi connectivity index (χ3v) is 3.89. The minimum Gasteiger partial charge on any atom is -0.497 e. The summed E-state index contributed by atoms with van der Waals surface area (Å²) in [6, 6.07) is 7.18. The fourth-order valence-corrected chi connectivity index (χ4v) is 2.15. The number of nitrogens with zero attached hydrogens (tertiary/aromatic N) is 1. The average molecular weight is 293 g/mol. The van der Waals surface area contributed by atoms with Crippen LogP contribution in [0.4, 0.5) is 10.5 Å². The molecule has 0 bridgehead atoms. The van der Waals surface area contributed by atoms with E-state index in [-0.39, 0.29) is 11.6 Å². The number of urea groups is 1. The Hall–Kier alpha value is -1.75. The van der Waals surface area contributed by atoms with Crippen LogP contribution in [0.25, 0.3) is 0 Å². The van der Waals surface area contributed by atoms with Gasteiger partial charge in [-0.1, -0.05) is 13.8 Å². The highest BCUT2D eigenvalue weighted by Gasteiger charge is 2.31. The molecular formula is C16H27N3O2. The normalized spacial score (nSPS) is 13.4. The fraction of sp³-hybridized carbons (Fsp3) is 0.562. The van der Waals surface area contributed by atoms with Crippen molar-refractivity contribution in [2.45, 2.75) is 39.2 Å². The second-order valence-corrected chi connectivity index (χ2v) is 5.36. The van der Waals surface area contributed by atoms with E-state index < -0.39 is 0 Å². The molecule has 21 heavy (non-hydrogen) atoms. The number of hydrogen-bond donors (Lipinski definition) is 2. The molecule has 5 heteroatoms. The molecule has 0 saturated heterocycles. The molecule has 1 atom stereocenters. The molecule has 5 nitrogen and oxygen atoms in total. The lowest BCUT2D eigenvalue weighted by molar-refractivity contribution is 0.135. The van der Waals surface area contributed by atoms with Gasteiger partial charge in [-0.05, 0) is 44.0 Å². The summed E-state index contributed by atoms with van der Waals surface area (Å²) in [6.07, 6.45) is 1.71. The molecular weight excluding hydrogens is 266 g/mol. The molecule has 0 saturated carbocycles. The highest BCUT2D eigenvalue weighted by Crippen LogP contribution is 2.21.